The highest BCUT2D eigenvalue weighted by molar-refractivity contribution is 5.38. The molecule has 0 fully saturated rings. The second kappa shape index (κ2) is 8.48. The second-order valence-corrected chi connectivity index (χ2v) is 5.43. The first-order chi connectivity index (χ1) is 10.3. The van der Waals surface area contributed by atoms with Gasteiger partial charge in [0, 0.05) is 6.42 Å². The highest BCUT2D eigenvalue weighted by atomic mass is 16.5. The number of para-hydroxylation sites is 1. The third-order valence-corrected chi connectivity index (χ3v) is 3.57. The molecule has 0 aliphatic rings. The molecular formula is C19H25NO. The van der Waals surface area contributed by atoms with Crippen LogP contribution in [0, 0.1) is 6.92 Å². The summed E-state index contributed by atoms with van der Waals surface area (Å²) in [7, 11) is 1.98. The lowest BCUT2D eigenvalue weighted by atomic mass is 10.0. The van der Waals surface area contributed by atoms with Crippen LogP contribution in [0.2, 0.25) is 0 Å². The summed E-state index contributed by atoms with van der Waals surface area (Å²) in [6.45, 7) is 3.95. The first kappa shape index (κ1) is 15.6. The molecule has 0 aromatic heterocycles. The fraction of sp³-hybridized carbons (Fsp3) is 0.368. The smallest absolute Gasteiger partial charge is 0.122 e. The van der Waals surface area contributed by atoms with E-state index in [9.17, 15) is 0 Å². The first-order valence-electron chi connectivity index (χ1n) is 7.70. The van der Waals surface area contributed by atoms with Crippen molar-refractivity contribution in [2.24, 2.45) is 0 Å². The maximum absolute atomic E-state index is 5.95. The third kappa shape index (κ3) is 5.24. The van der Waals surface area contributed by atoms with Crippen LogP contribution < -0.4 is 10.1 Å². The number of ether oxygens (including phenoxy) is 1. The summed E-state index contributed by atoms with van der Waals surface area (Å²) in [6, 6.07) is 17.1. The van der Waals surface area contributed by atoms with Gasteiger partial charge >= 0.3 is 0 Å². The van der Waals surface area contributed by atoms with Gasteiger partial charge in [-0.2, -0.15) is 0 Å². The molecule has 0 aliphatic carbocycles. The maximum atomic E-state index is 5.95. The van der Waals surface area contributed by atoms with Crippen molar-refractivity contribution < 1.29 is 4.74 Å². The highest BCUT2D eigenvalue weighted by Gasteiger charge is 2.04. The molecule has 0 aliphatic heterocycles. The molecule has 2 aromatic carbocycles. The summed E-state index contributed by atoms with van der Waals surface area (Å²) < 4.78 is 5.95. The zero-order valence-electron chi connectivity index (χ0n) is 13.1. The van der Waals surface area contributed by atoms with Gasteiger partial charge in [-0.15, -0.1) is 0 Å². The fourth-order valence-corrected chi connectivity index (χ4v) is 2.30. The number of rotatable bonds is 8. The highest BCUT2D eigenvalue weighted by Crippen LogP contribution is 2.22. The molecule has 0 unspecified atom stereocenters. The topological polar surface area (TPSA) is 21.3 Å². The van der Waals surface area contributed by atoms with Crippen LogP contribution in [0.25, 0.3) is 0 Å². The second-order valence-electron chi connectivity index (χ2n) is 5.43. The van der Waals surface area contributed by atoms with Crippen molar-refractivity contribution in [2.45, 2.75) is 26.2 Å². The van der Waals surface area contributed by atoms with E-state index in [-0.39, 0.29) is 0 Å². The molecule has 21 heavy (non-hydrogen) atoms. The van der Waals surface area contributed by atoms with Gasteiger partial charge in [-0.25, -0.2) is 0 Å². The molecule has 1 N–H and O–H groups in total. The predicted octanol–water partition coefficient (Wildman–Crippen LogP) is 3.96. The average molecular weight is 283 g/mol. The Bertz CT molecular complexity index is 534. The summed E-state index contributed by atoms with van der Waals surface area (Å²) in [5, 5.41) is 3.16. The Morgan fingerprint density at radius 3 is 2.48 bits per heavy atom. The number of hydrogen-bond acceptors (Lipinski definition) is 2. The van der Waals surface area contributed by atoms with Crippen LogP contribution in [0.15, 0.2) is 48.5 Å². The molecular weight excluding hydrogens is 258 g/mol. The molecule has 0 saturated heterocycles. The van der Waals surface area contributed by atoms with E-state index in [1.807, 2.05) is 13.1 Å². The van der Waals surface area contributed by atoms with Crippen LogP contribution in [0.5, 0.6) is 5.75 Å². The van der Waals surface area contributed by atoms with Crippen LogP contribution >= 0.6 is 0 Å². The minimum absolute atomic E-state index is 0.784. The molecule has 0 bridgehead atoms. The summed E-state index contributed by atoms with van der Waals surface area (Å²) in [6.07, 6.45) is 3.16. The first-order valence-corrected chi connectivity index (χ1v) is 7.70. The molecule has 0 spiro atoms. The summed E-state index contributed by atoms with van der Waals surface area (Å²) in [5.41, 5.74) is 3.88. The molecule has 2 rings (SSSR count). The standard InChI is InChI=1S/C19H25NO/c1-16-9-11-17(12-10-16)15-18-7-3-4-8-19(18)21-14-6-5-13-20-2/h3-4,7-12,20H,5-6,13-15H2,1-2H3. The molecule has 0 atom stereocenters. The number of nitrogens with one attached hydrogen (secondary N) is 1. The van der Waals surface area contributed by atoms with E-state index in [2.05, 4.69) is 54.7 Å². The van der Waals surface area contributed by atoms with Gasteiger partial charge in [0.05, 0.1) is 6.61 Å². The normalized spacial score (nSPS) is 10.6. The molecule has 2 heteroatoms. The molecule has 0 amide bonds. The van der Waals surface area contributed by atoms with Crippen LogP contribution in [0.4, 0.5) is 0 Å². The van der Waals surface area contributed by atoms with Gasteiger partial charge in [0.2, 0.25) is 0 Å². The van der Waals surface area contributed by atoms with Gasteiger partial charge in [0.1, 0.15) is 5.75 Å². The van der Waals surface area contributed by atoms with Gasteiger partial charge < -0.3 is 10.1 Å². The van der Waals surface area contributed by atoms with Crippen molar-refractivity contribution in [3.8, 4) is 5.75 Å². The zero-order valence-corrected chi connectivity index (χ0v) is 13.1. The third-order valence-electron chi connectivity index (χ3n) is 3.57. The lowest BCUT2D eigenvalue weighted by molar-refractivity contribution is 0.304. The minimum Gasteiger partial charge on any atom is -0.493 e. The Labute approximate surface area is 128 Å². The van der Waals surface area contributed by atoms with Crippen LogP contribution in [-0.4, -0.2) is 20.2 Å². The summed E-state index contributed by atoms with van der Waals surface area (Å²) in [5.74, 6) is 1.02. The van der Waals surface area contributed by atoms with E-state index in [4.69, 9.17) is 4.74 Å². The fourth-order valence-electron chi connectivity index (χ4n) is 2.30. The van der Waals surface area contributed by atoms with Crippen molar-refractivity contribution in [3.63, 3.8) is 0 Å². The van der Waals surface area contributed by atoms with Crippen molar-refractivity contribution in [1.29, 1.82) is 0 Å². The maximum Gasteiger partial charge on any atom is 0.122 e. The van der Waals surface area contributed by atoms with E-state index in [1.165, 1.54) is 16.7 Å². The Morgan fingerprint density at radius 1 is 0.952 bits per heavy atom. The van der Waals surface area contributed by atoms with Gasteiger partial charge in [-0.3, -0.25) is 0 Å². The van der Waals surface area contributed by atoms with Crippen LogP contribution in [0.3, 0.4) is 0 Å². The molecule has 2 nitrogen and oxygen atoms in total. The van der Waals surface area contributed by atoms with Crippen molar-refractivity contribution in [3.05, 3.63) is 65.2 Å². The van der Waals surface area contributed by atoms with Crippen molar-refractivity contribution in [2.75, 3.05) is 20.2 Å². The van der Waals surface area contributed by atoms with Gasteiger partial charge in [0.25, 0.3) is 0 Å². The lowest BCUT2D eigenvalue weighted by Gasteiger charge is -2.11. The molecule has 2 aromatic rings. The van der Waals surface area contributed by atoms with E-state index >= 15 is 0 Å². The Balaban J connectivity index is 1.94. The van der Waals surface area contributed by atoms with Crippen molar-refractivity contribution >= 4 is 0 Å². The molecule has 0 saturated carbocycles. The quantitative estimate of drug-likeness (QED) is 0.740. The van der Waals surface area contributed by atoms with Crippen LogP contribution in [0.1, 0.15) is 29.5 Å². The number of unbranched alkanes of at least 4 members (excludes halogenated alkanes) is 1. The summed E-state index contributed by atoms with van der Waals surface area (Å²) in [4.78, 5) is 0. The van der Waals surface area contributed by atoms with Crippen LogP contribution in [-0.2, 0) is 6.42 Å². The average Bonchev–Trinajstić information content (AvgIpc) is 2.51. The molecule has 0 radical (unpaired) electrons. The Hall–Kier alpha value is -1.80. The zero-order chi connectivity index (χ0) is 14.9. The van der Waals surface area contributed by atoms with Gasteiger partial charge in [-0.05, 0) is 50.6 Å². The Morgan fingerprint density at radius 2 is 1.71 bits per heavy atom. The summed E-state index contributed by atoms with van der Waals surface area (Å²) >= 11 is 0. The van der Waals surface area contributed by atoms with E-state index in [1.54, 1.807) is 0 Å². The molecule has 0 heterocycles. The monoisotopic (exact) mass is 283 g/mol. The minimum atomic E-state index is 0.784. The van der Waals surface area contributed by atoms with E-state index in [0.717, 1.165) is 38.2 Å². The molecule has 112 valence electrons. The number of aryl methyl sites for hydroxylation is 1. The van der Waals surface area contributed by atoms with E-state index < -0.39 is 0 Å². The van der Waals surface area contributed by atoms with Crippen molar-refractivity contribution in [1.82, 2.24) is 5.32 Å². The van der Waals surface area contributed by atoms with Gasteiger partial charge in [0.15, 0.2) is 0 Å². The largest absolute Gasteiger partial charge is 0.493 e. The predicted molar refractivity (Wildman–Crippen MR) is 89.1 cm³/mol. The Kier molecular flexibility index (Phi) is 6.29. The number of benzene rings is 2. The SMILES string of the molecule is CNCCCCOc1ccccc1Cc1ccc(C)cc1. The lowest BCUT2D eigenvalue weighted by Crippen LogP contribution is -2.09. The van der Waals surface area contributed by atoms with Gasteiger partial charge in [-0.1, -0.05) is 48.0 Å². The van der Waals surface area contributed by atoms with E-state index in [0.29, 0.717) is 0 Å². The number of hydrogen-bond donors (Lipinski definition) is 1.